The molecule has 1 N–H and O–H groups in total. The molecule has 0 aromatic carbocycles. The molecular weight excluding hydrogens is 248 g/mol. The Bertz CT molecular complexity index is 499. The SMILES string of the molecule is CN(CC(O)c1cccs1)C(=O)c1ccncc1. The molecule has 2 heterocycles. The summed E-state index contributed by atoms with van der Waals surface area (Å²) in [5, 5.41) is 11.9. The number of aliphatic hydroxyl groups is 1. The van der Waals surface area contributed by atoms with Gasteiger partial charge in [0.2, 0.25) is 0 Å². The fourth-order valence-corrected chi connectivity index (χ4v) is 2.33. The first-order valence-corrected chi connectivity index (χ1v) is 6.43. The molecule has 2 rings (SSSR count). The molecule has 2 aromatic rings. The van der Waals surface area contributed by atoms with E-state index < -0.39 is 6.10 Å². The molecule has 1 amide bonds. The molecule has 1 unspecified atom stereocenters. The van der Waals surface area contributed by atoms with Crippen molar-refractivity contribution in [3.63, 3.8) is 0 Å². The molecule has 18 heavy (non-hydrogen) atoms. The highest BCUT2D eigenvalue weighted by atomic mass is 32.1. The van der Waals surface area contributed by atoms with Crippen LogP contribution in [0.25, 0.3) is 0 Å². The topological polar surface area (TPSA) is 53.4 Å². The molecule has 0 spiro atoms. The Morgan fingerprint density at radius 1 is 1.44 bits per heavy atom. The molecular formula is C13H14N2O2S. The maximum atomic E-state index is 12.0. The number of hydrogen-bond acceptors (Lipinski definition) is 4. The Morgan fingerprint density at radius 2 is 2.17 bits per heavy atom. The third-order valence-electron chi connectivity index (χ3n) is 2.59. The summed E-state index contributed by atoms with van der Waals surface area (Å²) in [7, 11) is 1.68. The van der Waals surface area contributed by atoms with Gasteiger partial charge < -0.3 is 10.0 Å². The van der Waals surface area contributed by atoms with E-state index in [1.165, 1.54) is 16.2 Å². The van der Waals surface area contributed by atoms with Crippen LogP contribution in [0.3, 0.4) is 0 Å². The van der Waals surface area contributed by atoms with E-state index in [9.17, 15) is 9.90 Å². The van der Waals surface area contributed by atoms with Crippen LogP contribution in [0, 0.1) is 0 Å². The van der Waals surface area contributed by atoms with Gasteiger partial charge in [0, 0.05) is 29.9 Å². The number of thiophene rings is 1. The second-order valence-electron chi connectivity index (χ2n) is 3.95. The Morgan fingerprint density at radius 3 is 2.78 bits per heavy atom. The van der Waals surface area contributed by atoms with Gasteiger partial charge in [0.25, 0.3) is 5.91 Å². The average Bonchev–Trinajstić information content (AvgIpc) is 2.92. The number of carbonyl (C=O) groups excluding carboxylic acids is 1. The number of nitrogens with zero attached hydrogens (tertiary/aromatic N) is 2. The largest absolute Gasteiger partial charge is 0.386 e. The summed E-state index contributed by atoms with van der Waals surface area (Å²) < 4.78 is 0. The number of aliphatic hydroxyl groups excluding tert-OH is 1. The molecule has 94 valence electrons. The standard InChI is InChI=1S/C13H14N2O2S/c1-15(9-11(16)12-3-2-8-18-12)13(17)10-4-6-14-7-5-10/h2-8,11,16H,9H2,1H3. The van der Waals surface area contributed by atoms with Gasteiger partial charge >= 0.3 is 0 Å². The number of pyridine rings is 1. The van der Waals surface area contributed by atoms with Crippen molar-refractivity contribution in [2.45, 2.75) is 6.10 Å². The Hall–Kier alpha value is -1.72. The predicted octanol–water partition coefficient (Wildman–Crippen LogP) is 1.95. The van der Waals surface area contributed by atoms with Crippen LogP contribution in [-0.2, 0) is 0 Å². The van der Waals surface area contributed by atoms with E-state index in [-0.39, 0.29) is 12.5 Å². The second kappa shape index (κ2) is 5.75. The van der Waals surface area contributed by atoms with Gasteiger partial charge in [0.1, 0.15) is 6.10 Å². The summed E-state index contributed by atoms with van der Waals surface area (Å²) in [6, 6.07) is 7.07. The number of likely N-dealkylation sites (N-methyl/N-ethyl adjacent to an activating group) is 1. The van der Waals surface area contributed by atoms with E-state index >= 15 is 0 Å². The van der Waals surface area contributed by atoms with Crippen LogP contribution in [0.15, 0.2) is 42.0 Å². The van der Waals surface area contributed by atoms with Crippen molar-refractivity contribution in [3.8, 4) is 0 Å². The highest BCUT2D eigenvalue weighted by Gasteiger charge is 2.16. The van der Waals surface area contributed by atoms with Gasteiger partial charge in [-0.1, -0.05) is 6.07 Å². The van der Waals surface area contributed by atoms with Gasteiger partial charge in [-0.15, -0.1) is 11.3 Å². The summed E-state index contributed by atoms with van der Waals surface area (Å²) in [6.45, 7) is 0.279. The first-order valence-electron chi connectivity index (χ1n) is 5.55. The van der Waals surface area contributed by atoms with Crippen LogP contribution in [0.2, 0.25) is 0 Å². The first kappa shape index (κ1) is 12.7. The molecule has 1 atom stereocenters. The van der Waals surface area contributed by atoms with Gasteiger partial charge in [-0.05, 0) is 23.6 Å². The average molecular weight is 262 g/mol. The number of hydrogen-bond donors (Lipinski definition) is 1. The highest BCUT2D eigenvalue weighted by molar-refractivity contribution is 7.10. The van der Waals surface area contributed by atoms with Crippen LogP contribution < -0.4 is 0 Å². The Kier molecular flexibility index (Phi) is 4.07. The van der Waals surface area contributed by atoms with Crippen molar-refractivity contribution in [1.82, 2.24) is 9.88 Å². The monoisotopic (exact) mass is 262 g/mol. The van der Waals surface area contributed by atoms with Crippen molar-refractivity contribution < 1.29 is 9.90 Å². The van der Waals surface area contributed by atoms with E-state index in [1.54, 1.807) is 31.6 Å². The van der Waals surface area contributed by atoms with Crippen molar-refractivity contribution >= 4 is 17.2 Å². The molecule has 0 aliphatic heterocycles. The van der Waals surface area contributed by atoms with E-state index in [4.69, 9.17) is 0 Å². The zero-order valence-corrected chi connectivity index (χ0v) is 10.8. The van der Waals surface area contributed by atoms with Crippen LogP contribution in [0.4, 0.5) is 0 Å². The molecule has 0 aliphatic carbocycles. The van der Waals surface area contributed by atoms with E-state index in [0.29, 0.717) is 5.56 Å². The van der Waals surface area contributed by atoms with Crippen molar-refractivity contribution in [2.75, 3.05) is 13.6 Å². The van der Waals surface area contributed by atoms with Gasteiger partial charge in [-0.3, -0.25) is 9.78 Å². The normalized spacial score (nSPS) is 12.1. The van der Waals surface area contributed by atoms with Gasteiger partial charge in [0.15, 0.2) is 0 Å². The molecule has 0 saturated carbocycles. The quantitative estimate of drug-likeness (QED) is 0.916. The third kappa shape index (κ3) is 2.94. The van der Waals surface area contributed by atoms with Crippen LogP contribution in [-0.4, -0.2) is 34.5 Å². The molecule has 0 bridgehead atoms. The lowest BCUT2D eigenvalue weighted by atomic mass is 10.2. The molecule has 0 fully saturated rings. The maximum absolute atomic E-state index is 12.0. The van der Waals surface area contributed by atoms with Crippen LogP contribution in [0.1, 0.15) is 21.3 Å². The fraction of sp³-hybridized carbons (Fsp3) is 0.231. The first-order chi connectivity index (χ1) is 8.68. The number of aromatic nitrogens is 1. The van der Waals surface area contributed by atoms with Crippen LogP contribution in [0.5, 0.6) is 0 Å². The predicted molar refractivity (Wildman–Crippen MR) is 70.5 cm³/mol. The minimum absolute atomic E-state index is 0.118. The molecule has 4 nitrogen and oxygen atoms in total. The highest BCUT2D eigenvalue weighted by Crippen LogP contribution is 2.19. The molecule has 2 aromatic heterocycles. The molecule has 0 aliphatic rings. The number of carbonyl (C=O) groups is 1. The summed E-state index contributed by atoms with van der Waals surface area (Å²) >= 11 is 1.48. The fourth-order valence-electron chi connectivity index (χ4n) is 1.63. The van der Waals surface area contributed by atoms with Crippen molar-refractivity contribution in [1.29, 1.82) is 0 Å². The minimum atomic E-state index is -0.638. The van der Waals surface area contributed by atoms with Crippen LogP contribution >= 0.6 is 11.3 Å². The van der Waals surface area contributed by atoms with E-state index in [0.717, 1.165) is 4.88 Å². The van der Waals surface area contributed by atoms with E-state index in [2.05, 4.69) is 4.98 Å². The smallest absolute Gasteiger partial charge is 0.253 e. The number of amides is 1. The second-order valence-corrected chi connectivity index (χ2v) is 4.93. The van der Waals surface area contributed by atoms with Gasteiger partial charge in [-0.25, -0.2) is 0 Å². The molecule has 5 heteroatoms. The minimum Gasteiger partial charge on any atom is -0.386 e. The Balaban J connectivity index is 2.00. The number of rotatable bonds is 4. The zero-order chi connectivity index (χ0) is 13.0. The summed E-state index contributed by atoms with van der Waals surface area (Å²) in [5.74, 6) is -0.118. The lowest BCUT2D eigenvalue weighted by molar-refractivity contribution is 0.0685. The lowest BCUT2D eigenvalue weighted by Crippen LogP contribution is -2.30. The third-order valence-corrected chi connectivity index (χ3v) is 3.57. The maximum Gasteiger partial charge on any atom is 0.253 e. The van der Waals surface area contributed by atoms with Gasteiger partial charge in [-0.2, -0.15) is 0 Å². The lowest BCUT2D eigenvalue weighted by Gasteiger charge is -2.20. The van der Waals surface area contributed by atoms with Crippen molar-refractivity contribution in [3.05, 3.63) is 52.5 Å². The molecule has 0 saturated heterocycles. The van der Waals surface area contributed by atoms with Gasteiger partial charge in [0.05, 0.1) is 6.54 Å². The summed E-state index contributed by atoms with van der Waals surface area (Å²) in [6.07, 6.45) is 2.52. The summed E-state index contributed by atoms with van der Waals surface area (Å²) in [5.41, 5.74) is 0.575. The summed E-state index contributed by atoms with van der Waals surface area (Å²) in [4.78, 5) is 18.3. The zero-order valence-electron chi connectivity index (χ0n) is 9.98. The Labute approximate surface area is 110 Å². The molecule has 0 radical (unpaired) electrons. The van der Waals surface area contributed by atoms with Crippen molar-refractivity contribution in [2.24, 2.45) is 0 Å². The van der Waals surface area contributed by atoms with E-state index in [1.807, 2.05) is 17.5 Å².